The average molecular weight is 442 g/mol. The molecule has 1 unspecified atom stereocenters. The van der Waals surface area contributed by atoms with Gasteiger partial charge < -0.3 is 4.74 Å². The highest BCUT2D eigenvalue weighted by molar-refractivity contribution is 9.10. The zero-order chi connectivity index (χ0) is 18.4. The summed E-state index contributed by atoms with van der Waals surface area (Å²) in [4.78, 5) is 13.2. The van der Waals surface area contributed by atoms with Crippen LogP contribution >= 0.6 is 39.3 Å². The first kappa shape index (κ1) is 19.8. The molecule has 0 saturated heterocycles. The molecule has 132 valence electrons. The van der Waals surface area contributed by atoms with Crippen LogP contribution in [0.1, 0.15) is 19.4 Å². The topological polar surface area (TPSA) is 50.7 Å². The van der Waals surface area contributed by atoms with Crippen molar-refractivity contribution in [2.45, 2.75) is 24.0 Å². The van der Waals surface area contributed by atoms with Crippen molar-refractivity contribution in [1.29, 1.82) is 0 Å². The zero-order valence-corrected chi connectivity index (χ0v) is 17.2. The van der Waals surface area contributed by atoms with Crippen molar-refractivity contribution in [3.8, 4) is 5.75 Å². The second-order valence-corrected chi connectivity index (χ2v) is 7.94. The molecule has 2 aromatic rings. The van der Waals surface area contributed by atoms with Crippen molar-refractivity contribution in [2.75, 3.05) is 7.11 Å². The third-order valence-electron chi connectivity index (χ3n) is 3.40. The van der Waals surface area contributed by atoms with Crippen molar-refractivity contribution < 1.29 is 9.53 Å². The number of benzene rings is 2. The molecule has 1 amide bonds. The smallest absolute Gasteiger partial charge is 0.253 e. The van der Waals surface area contributed by atoms with Gasteiger partial charge in [-0.2, -0.15) is 5.10 Å². The third kappa shape index (κ3) is 5.76. The fraction of sp³-hybridized carbons (Fsp3) is 0.222. The van der Waals surface area contributed by atoms with Gasteiger partial charge in [0.25, 0.3) is 5.91 Å². The molecule has 4 nitrogen and oxygen atoms in total. The Hall–Kier alpha value is -1.50. The van der Waals surface area contributed by atoms with Crippen LogP contribution in [0.5, 0.6) is 5.75 Å². The first-order chi connectivity index (χ1) is 11.9. The maximum Gasteiger partial charge on any atom is 0.253 e. The van der Waals surface area contributed by atoms with Gasteiger partial charge in [0, 0.05) is 9.92 Å². The fourth-order valence-corrected chi connectivity index (χ4v) is 3.48. The van der Waals surface area contributed by atoms with E-state index in [4.69, 9.17) is 16.3 Å². The summed E-state index contributed by atoms with van der Waals surface area (Å²) in [6, 6.07) is 13.0. The Kier molecular flexibility index (Phi) is 7.35. The van der Waals surface area contributed by atoms with E-state index in [2.05, 4.69) is 26.5 Å². The van der Waals surface area contributed by atoms with Crippen molar-refractivity contribution in [1.82, 2.24) is 5.43 Å². The monoisotopic (exact) mass is 440 g/mol. The number of rotatable bonds is 6. The van der Waals surface area contributed by atoms with Gasteiger partial charge in [-0.3, -0.25) is 4.79 Å². The number of hydrogen-bond acceptors (Lipinski definition) is 4. The van der Waals surface area contributed by atoms with E-state index in [0.717, 1.165) is 20.7 Å². The number of methoxy groups -OCH3 is 1. The second kappa shape index (κ2) is 9.27. The molecule has 2 rings (SSSR count). The third-order valence-corrected chi connectivity index (χ3v) is 5.38. The van der Waals surface area contributed by atoms with Gasteiger partial charge in [0.15, 0.2) is 0 Å². The van der Waals surface area contributed by atoms with E-state index in [9.17, 15) is 4.79 Å². The van der Waals surface area contributed by atoms with Crippen LogP contribution in [-0.4, -0.2) is 24.0 Å². The fourth-order valence-electron chi connectivity index (χ4n) is 1.96. The maximum atomic E-state index is 12.2. The summed E-state index contributed by atoms with van der Waals surface area (Å²) in [6.45, 7) is 3.68. The lowest BCUT2D eigenvalue weighted by Crippen LogP contribution is -2.27. The summed E-state index contributed by atoms with van der Waals surface area (Å²) < 4.78 is 6.04. The number of thioether (sulfide) groups is 1. The summed E-state index contributed by atoms with van der Waals surface area (Å²) in [5.41, 5.74) is 4.22. The van der Waals surface area contributed by atoms with E-state index in [0.29, 0.717) is 10.7 Å². The number of nitrogens with one attached hydrogen (secondary N) is 1. The van der Waals surface area contributed by atoms with E-state index in [1.165, 1.54) is 11.8 Å². The SMILES string of the molecule is COc1ccc(/C(C)=N/NC(=O)C(C)Sc2ccc(Cl)cc2)cc1Br. The van der Waals surface area contributed by atoms with Crippen LogP contribution in [0, 0.1) is 0 Å². The number of carbonyl (C=O) groups excluding carboxylic acids is 1. The first-order valence-electron chi connectivity index (χ1n) is 7.51. The molecule has 0 aliphatic heterocycles. The summed E-state index contributed by atoms with van der Waals surface area (Å²) in [7, 11) is 1.61. The minimum absolute atomic E-state index is 0.160. The molecule has 0 aliphatic carbocycles. The van der Waals surface area contributed by atoms with E-state index in [1.807, 2.05) is 44.2 Å². The molecule has 25 heavy (non-hydrogen) atoms. The number of nitrogens with zero attached hydrogens (tertiary/aromatic N) is 1. The standard InChI is InChI=1S/C18H18BrClN2O2S/c1-11(13-4-9-17(24-3)16(19)10-13)21-22-18(23)12(2)25-15-7-5-14(20)6-8-15/h4-10,12H,1-3H3,(H,22,23)/b21-11+. The predicted molar refractivity (Wildman–Crippen MR) is 108 cm³/mol. The molecular weight excluding hydrogens is 424 g/mol. The maximum absolute atomic E-state index is 12.2. The highest BCUT2D eigenvalue weighted by atomic mass is 79.9. The van der Waals surface area contributed by atoms with E-state index >= 15 is 0 Å². The lowest BCUT2D eigenvalue weighted by molar-refractivity contribution is -0.120. The lowest BCUT2D eigenvalue weighted by atomic mass is 10.1. The Balaban J connectivity index is 1.98. The molecule has 0 aliphatic rings. The highest BCUT2D eigenvalue weighted by Crippen LogP contribution is 2.26. The number of carbonyl (C=O) groups is 1. The van der Waals surface area contributed by atoms with E-state index in [1.54, 1.807) is 19.2 Å². The Morgan fingerprint density at radius 1 is 1.28 bits per heavy atom. The number of amides is 1. The number of ether oxygens (including phenoxy) is 1. The molecule has 0 fully saturated rings. The Morgan fingerprint density at radius 3 is 2.56 bits per heavy atom. The normalized spacial score (nSPS) is 12.6. The van der Waals surface area contributed by atoms with Crippen molar-refractivity contribution in [3.63, 3.8) is 0 Å². The summed E-state index contributed by atoms with van der Waals surface area (Å²) in [6.07, 6.45) is 0. The molecule has 0 radical (unpaired) electrons. The van der Waals surface area contributed by atoms with Gasteiger partial charge in [0.2, 0.25) is 0 Å². The second-order valence-electron chi connectivity index (χ2n) is 5.24. The summed E-state index contributed by atoms with van der Waals surface area (Å²) >= 11 is 10.8. The Bertz CT molecular complexity index is 781. The Labute approximate surface area is 165 Å². The van der Waals surface area contributed by atoms with Crippen LogP contribution in [0.4, 0.5) is 0 Å². The molecule has 1 atom stereocenters. The minimum Gasteiger partial charge on any atom is -0.496 e. The molecule has 0 saturated carbocycles. The van der Waals surface area contributed by atoms with Crippen molar-refractivity contribution in [3.05, 3.63) is 57.5 Å². The summed E-state index contributed by atoms with van der Waals surface area (Å²) in [5.74, 6) is 0.584. The average Bonchev–Trinajstić information content (AvgIpc) is 2.61. The van der Waals surface area contributed by atoms with Gasteiger partial charge in [-0.15, -0.1) is 11.8 Å². The molecule has 0 heterocycles. The zero-order valence-electron chi connectivity index (χ0n) is 14.0. The van der Waals surface area contributed by atoms with Gasteiger partial charge in [-0.25, -0.2) is 5.43 Å². The molecule has 0 aromatic heterocycles. The quantitative estimate of drug-likeness (QED) is 0.384. The minimum atomic E-state index is -0.277. The molecule has 0 spiro atoms. The van der Waals surface area contributed by atoms with Crippen LogP contribution in [-0.2, 0) is 4.79 Å². The van der Waals surface area contributed by atoms with Crippen LogP contribution in [0.2, 0.25) is 5.02 Å². The lowest BCUT2D eigenvalue weighted by Gasteiger charge is -2.10. The van der Waals surface area contributed by atoms with Crippen molar-refractivity contribution in [2.24, 2.45) is 5.10 Å². The molecule has 7 heteroatoms. The number of halogens is 2. The van der Waals surface area contributed by atoms with Crippen LogP contribution in [0.3, 0.4) is 0 Å². The van der Waals surface area contributed by atoms with E-state index in [-0.39, 0.29) is 11.2 Å². The van der Waals surface area contributed by atoms with Crippen LogP contribution in [0.15, 0.2) is 56.9 Å². The van der Waals surface area contributed by atoms with Gasteiger partial charge in [0.05, 0.1) is 22.5 Å². The Morgan fingerprint density at radius 2 is 1.96 bits per heavy atom. The van der Waals surface area contributed by atoms with Gasteiger partial charge in [-0.1, -0.05) is 11.6 Å². The van der Waals surface area contributed by atoms with Gasteiger partial charge in [-0.05, 0) is 77.8 Å². The molecule has 0 bridgehead atoms. The predicted octanol–water partition coefficient (Wildman–Crippen LogP) is 5.13. The molecule has 2 aromatic carbocycles. The van der Waals surface area contributed by atoms with Gasteiger partial charge in [0.1, 0.15) is 5.75 Å². The van der Waals surface area contributed by atoms with Gasteiger partial charge >= 0.3 is 0 Å². The molecule has 1 N–H and O–H groups in total. The summed E-state index contributed by atoms with van der Waals surface area (Å²) in [5, 5.41) is 4.58. The number of hydrogen-bond donors (Lipinski definition) is 1. The molecular formula is C18H18BrClN2O2S. The van der Waals surface area contributed by atoms with Crippen molar-refractivity contribution >= 4 is 50.9 Å². The first-order valence-corrected chi connectivity index (χ1v) is 9.56. The van der Waals surface area contributed by atoms with Crippen LogP contribution in [0.25, 0.3) is 0 Å². The van der Waals surface area contributed by atoms with Crippen LogP contribution < -0.4 is 10.2 Å². The highest BCUT2D eigenvalue weighted by Gasteiger charge is 2.14. The largest absolute Gasteiger partial charge is 0.496 e. The number of hydrazone groups is 1. The van der Waals surface area contributed by atoms with E-state index < -0.39 is 0 Å².